The van der Waals surface area contributed by atoms with Gasteiger partial charge in [0.25, 0.3) is 0 Å². The van der Waals surface area contributed by atoms with E-state index >= 15 is 0 Å². The van der Waals surface area contributed by atoms with E-state index in [1.165, 1.54) is 64.2 Å². The molecule has 0 radical (unpaired) electrons. The lowest BCUT2D eigenvalue weighted by molar-refractivity contribution is -0.175. The molecule has 2 atom stereocenters. The van der Waals surface area contributed by atoms with Gasteiger partial charge >= 0.3 is 0 Å². The van der Waals surface area contributed by atoms with E-state index in [4.69, 9.17) is 5.11 Å². The molecule has 1 fully saturated rings. The van der Waals surface area contributed by atoms with Crippen LogP contribution in [0.1, 0.15) is 103 Å². The maximum atomic E-state index is 9.62. The van der Waals surface area contributed by atoms with E-state index in [1.807, 2.05) is 0 Å². The lowest BCUT2D eigenvalue weighted by Gasteiger charge is -2.19. The van der Waals surface area contributed by atoms with Gasteiger partial charge in [-0.05, 0) is 56.8 Å². The van der Waals surface area contributed by atoms with Crippen LogP contribution in [0, 0.1) is 11.8 Å². The normalized spacial score (nSPS) is 21.0. The lowest BCUT2D eigenvalue weighted by Crippen LogP contribution is -2.28. The molecule has 1 saturated carbocycles. The Bertz CT molecular complexity index is 400. The highest BCUT2D eigenvalue weighted by atomic mass is 16.5. The molecule has 3 heteroatoms. The SMILES string of the molecule is CCCCCCCCC=C[C@H]1CCC[C@@H]1CC=CCCCC(O)(O)CCO. The van der Waals surface area contributed by atoms with E-state index in [-0.39, 0.29) is 13.0 Å². The molecule has 0 aromatic rings. The van der Waals surface area contributed by atoms with Crippen molar-refractivity contribution in [3.05, 3.63) is 24.3 Å². The highest BCUT2D eigenvalue weighted by Crippen LogP contribution is 2.35. The number of hydrogen-bond acceptors (Lipinski definition) is 3. The van der Waals surface area contributed by atoms with Gasteiger partial charge in [0.2, 0.25) is 0 Å². The molecular formula is C24H44O3. The van der Waals surface area contributed by atoms with Crippen molar-refractivity contribution in [2.75, 3.05) is 6.61 Å². The third-order valence-corrected chi connectivity index (χ3v) is 5.89. The van der Waals surface area contributed by atoms with Crippen molar-refractivity contribution in [1.82, 2.24) is 0 Å². The minimum Gasteiger partial charge on any atom is -0.396 e. The highest BCUT2D eigenvalue weighted by molar-refractivity contribution is 4.97. The van der Waals surface area contributed by atoms with Gasteiger partial charge in [-0.1, -0.05) is 69.8 Å². The fraction of sp³-hybridized carbons (Fsp3) is 0.833. The van der Waals surface area contributed by atoms with Crippen LogP contribution in [0.3, 0.4) is 0 Å². The minimum absolute atomic E-state index is 0.0333. The van der Waals surface area contributed by atoms with Crippen LogP contribution in [0.5, 0.6) is 0 Å². The fourth-order valence-corrected chi connectivity index (χ4v) is 4.12. The van der Waals surface area contributed by atoms with E-state index in [0.717, 1.165) is 31.1 Å². The maximum absolute atomic E-state index is 9.62. The van der Waals surface area contributed by atoms with Crippen LogP contribution in [0.4, 0.5) is 0 Å². The summed E-state index contributed by atoms with van der Waals surface area (Å²) in [5.41, 5.74) is 0. The molecule has 0 amide bonds. The lowest BCUT2D eigenvalue weighted by atomic mass is 9.92. The van der Waals surface area contributed by atoms with Crippen LogP contribution in [0.2, 0.25) is 0 Å². The summed E-state index contributed by atoms with van der Waals surface area (Å²) in [5, 5.41) is 28.0. The third kappa shape index (κ3) is 12.4. The van der Waals surface area contributed by atoms with Gasteiger partial charge in [-0.15, -0.1) is 0 Å². The monoisotopic (exact) mass is 380 g/mol. The quantitative estimate of drug-likeness (QED) is 0.178. The Morgan fingerprint density at radius 2 is 1.59 bits per heavy atom. The zero-order valence-electron chi connectivity index (χ0n) is 17.6. The Balaban J connectivity index is 2.13. The molecule has 0 aromatic carbocycles. The molecule has 158 valence electrons. The van der Waals surface area contributed by atoms with Crippen molar-refractivity contribution >= 4 is 0 Å². The maximum Gasteiger partial charge on any atom is 0.164 e. The molecule has 27 heavy (non-hydrogen) atoms. The molecule has 1 aliphatic carbocycles. The first kappa shape index (κ1) is 24.4. The van der Waals surface area contributed by atoms with Crippen molar-refractivity contribution in [2.24, 2.45) is 11.8 Å². The van der Waals surface area contributed by atoms with Crippen LogP contribution in [-0.4, -0.2) is 27.7 Å². The molecular weight excluding hydrogens is 336 g/mol. The molecule has 0 saturated heterocycles. The minimum atomic E-state index is -1.71. The number of aliphatic hydroxyl groups excluding tert-OH is 1. The van der Waals surface area contributed by atoms with Crippen molar-refractivity contribution in [3.63, 3.8) is 0 Å². The summed E-state index contributed by atoms with van der Waals surface area (Å²) >= 11 is 0. The second kappa shape index (κ2) is 15.3. The van der Waals surface area contributed by atoms with Gasteiger partial charge in [0.05, 0.1) is 0 Å². The zero-order chi connectivity index (χ0) is 19.8. The second-order valence-electron chi connectivity index (χ2n) is 8.39. The average molecular weight is 381 g/mol. The summed E-state index contributed by atoms with van der Waals surface area (Å²) in [5.74, 6) is -0.173. The number of aliphatic hydroxyl groups is 3. The molecule has 0 aliphatic heterocycles. The van der Waals surface area contributed by atoms with E-state index < -0.39 is 5.79 Å². The van der Waals surface area contributed by atoms with Crippen molar-refractivity contribution in [3.8, 4) is 0 Å². The summed E-state index contributed by atoms with van der Waals surface area (Å²) in [7, 11) is 0. The molecule has 1 aliphatic rings. The van der Waals surface area contributed by atoms with Crippen LogP contribution >= 0.6 is 0 Å². The largest absolute Gasteiger partial charge is 0.396 e. The van der Waals surface area contributed by atoms with E-state index in [2.05, 4.69) is 31.2 Å². The summed E-state index contributed by atoms with van der Waals surface area (Å²) in [6.45, 7) is 2.09. The molecule has 0 heterocycles. The predicted octanol–water partition coefficient (Wildman–Crippen LogP) is 5.89. The predicted molar refractivity (Wildman–Crippen MR) is 114 cm³/mol. The molecule has 0 unspecified atom stereocenters. The van der Waals surface area contributed by atoms with E-state index in [0.29, 0.717) is 6.42 Å². The highest BCUT2D eigenvalue weighted by Gasteiger charge is 2.24. The van der Waals surface area contributed by atoms with Crippen molar-refractivity contribution in [2.45, 2.75) is 109 Å². The van der Waals surface area contributed by atoms with Crippen LogP contribution in [0.25, 0.3) is 0 Å². The Morgan fingerprint density at radius 1 is 0.852 bits per heavy atom. The topological polar surface area (TPSA) is 60.7 Å². The van der Waals surface area contributed by atoms with Crippen LogP contribution in [0.15, 0.2) is 24.3 Å². The molecule has 1 rings (SSSR count). The number of hydrogen-bond donors (Lipinski definition) is 3. The summed E-state index contributed by atoms with van der Waals surface area (Å²) in [6.07, 6.45) is 26.0. The van der Waals surface area contributed by atoms with Crippen LogP contribution in [-0.2, 0) is 0 Å². The average Bonchev–Trinajstić information content (AvgIpc) is 3.07. The van der Waals surface area contributed by atoms with Gasteiger partial charge in [0, 0.05) is 19.4 Å². The summed E-state index contributed by atoms with van der Waals surface area (Å²) in [4.78, 5) is 0. The second-order valence-corrected chi connectivity index (χ2v) is 8.39. The Morgan fingerprint density at radius 3 is 2.37 bits per heavy atom. The molecule has 0 spiro atoms. The smallest absolute Gasteiger partial charge is 0.164 e. The molecule has 0 aromatic heterocycles. The number of allylic oxidation sites excluding steroid dienone is 4. The van der Waals surface area contributed by atoms with Gasteiger partial charge in [-0.3, -0.25) is 0 Å². The fourth-order valence-electron chi connectivity index (χ4n) is 4.12. The van der Waals surface area contributed by atoms with Crippen LogP contribution < -0.4 is 0 Å². The van der Waals surface area contributed by atoms with Crippen molar-refractivity contribution < 1.29 is 15.3 Å². The first-order chi connectivity index (χ1) is 13.1. The molecule has 0 bridgehead atoms. The third-order valence-electron chi connectivity index (χ3n) is 5.89. The standard InChI is InChI=1S/C24H44O3/c1-2-3-4-5-6-7-8-11-15-22-17-14-18-23(22)16-12-9-10-13-19-24(26,27)20-21-25/h9,11-12,15,22-23,25-27H,2-8,10,13-14,16-21H2,1H3/t22-,23-/m0/s1. The van der Waals surface area contributed by atoms with Gasteiger partial charge in [0.1, 0.15) is 0 Å². The molecule has 3 nitrogen and oxygen atoms in total. The van der Waals surface area contributed by atoms with Gasteiger partial charge in [0.15, 0.2) is 5.79 Å². The Hall–Kier alpha value is -0.640. The molecule has 3 N–H and O–H groups in total. The summed E-state index contributed by atoms with van der Waals surface area (Å²) < 4.78 is 0. The first-order valence-electron chi connectivity index (χ1n) is 11.5. The first-order valence-corrected chi connectivity index (χ1v) is 11.5. The van der Waals surface area contributed by atoms with E-state index in [9.17, 15) is 10.2 Å². The number of unbranched alkanes of at least 4 members (excludes halogenated alkanes) is 7. The van der Waals surface area contributed by atoms with Gasteiger partial charge in [-0.2, -0.15) is 0 Å². The zero-order valence-corrected chi connectivity index (χ0v) is 17.6. The van der Waals surface area contributed by atoms with Crippen molar-refractivity contribution in [1.29, 1.82) is 0 Å². The number of rotatable bonds is 16. The van der Waals surface area contributed by atoms with E-state index in [1.54, 1.807) is 0 Å². The Labute approximate surface area is 167 Å². The Kier molecular flexibility index (Phi) is 13.8. The van der Waals surface area contributed by atoms with Gasteiger partial charge in [-0.25, -0.2) is 0 Å². The van der Waals surface area contributed by atoms with Gasteiger partial charge < -0.3 is 15.3 Å². The summed E-state index contributed by atoms with van der Waals surface area (Å²) in [6, 6.07) is 0.